The molecule has 0 saturated heterocycles. The molecule has 3 heteroatoms. The first-order chi connectivity index (χ1) is 15.9. The Morgan fingerprint density at radius 2 is 1.48 bits per heavy atom. The Kier molecular flexibility index (Phi) is 8.51. The van der Waals surface area contributed by atoms with E-state index in [2.05, 4.69) is 20.8 Å². The summed E-state index contributed by atoms with van der Waals surface area (Å²) >= 11 is 0. The van der Waals surface area contributed by atoms with Crippen LogP contribution in [-0.4, -0.2) is 23.3 Å². The van der Waals surface area contributed by atoms with Crippen molar-refractivity contribution in [1.82, 2.24) is 0 Å². The molecule has 4 aliphatic carbocycles. The van der Waals surface area contributed by atoms with Crippen LogP contribution in [0.2, 0.25) is 0 Å². The first kappa shape index (κ1) is 25.5. The van der Waals surface area contributed by atoms with E-state index >= 15 is 0 Å². The van der Waals surface area contributed by atoms with Crippen LogP contribution >= 0.6 is 0 Å². The molecule has 0 aliphatic heterocycles. The van der Waals surface area contributed by atoms with Crippen molar-refractivity contribution in [3.8, 4) is 0 Å². The molecule has 4 rings (SSSR count). The SMILES string of the molecule is CCCCCCCCCCC(=O)O[C@H]1CC[C@H]2[C@@H]3CC[C@H]4C[C@@H](O)CC[C@]4(C)[C@H]3CC[C@]12C. The van der Waals surface area contributed by atoms with E-state index in [0.29, 0.717) is 17.8 Å². The van der Waals surface area contributed by atoms with Crippen LogP contribution in [0, 0.1) is 34.5 Å². The summed E-state index contributed by atoms with van der Waals surface area (Å²) in [5, 5.41) is 10.3. The third-order valence-corrected chi connectivity index (χ3v) is 11.1. The van der Waals surface area contributed by atoms with Crippen LogP contribution < -0.4 is 0 Å². The van der Waals surface area contributed by atoms with Crippen LogP contribution in [0.5, 0.6) is 0 Å². The van der Waals surface area contributed by atoms with Crippen LogP contribution in [0.15, 0.2) is 0 Å². The van der Waals surface area contributed by atoms with Gasteiger partial charge in [0.15, 0.2) is 0 Å². The molecule has 4 saturated carbocycles. The number of ether oxygens (including phenoxy) is 1. The lowest BCUT2D eigenvalue weighted by Gasteiger charge is -2.60. The van der Waals surface area contributed by atoms with E-state index in [9.17, 15) is 9.90 Å². The summed E-state index contributed by atoms with van der Waals surface area (Å²) < 4.78 is 6.20. The molecule has 0 aromatic carbocycles. The Morgan fingerprint density at radius 3 is 2.24 bits per heavy atom. The summed E-state index contributed by atoms with van der Waals surface area (Å²) in [5.74, 6) is 3.12. The fraction of sp³-hybridized carbons (Fsp3) is 0.967. The maximum absolute atomic E-state index is 12.7. The van der Waals surface area contributed by atoms with Crippen molar-refractivity contribution < 1.29 is 14.6 Å². The Labute approximate surface area is 203 Å². The minimum Gasteiger partial charge on any atom is -0.462 e. The largest absolute Gasteiger partial charge is 0.462 e. The van der Waals surface area contributed by atoms with Crippen LogP contribution in [-0.2, 0) is 9.53 Å². The molecular formula is C30H52O3. The molecule has 4 fully saturated rings. The molecule has 190 valence electrons. The molecule has 0 unspecified atom stereocenters. The lowest BCUT2D eigenvalue weighted by molar-refractivity contribution is -0.165. The third-order valence-electron chi connectivity index (χ3n) is 11.1. The van der Waals surface area contributed by atoms with Crippen molar-refractivity contribution in [1.29, 1.82) is 0 Å². The third kappa shape index (κ3) is 5.34. The van der Waals surface area contributed by atoms with Gasteiger partial charge in [0.1, 0.15) is 6.10 Å². The van der Waals surface area contributed by atoms with Gasteiger partial charge in [0.2, 0.25) is 0 Å². The summed E-state index contributed by atoms with van der Waals surface area (Å²) in [5.41, 5.74) is 0.613. The minimum atomic E-state index is -0.0650. The number of fused-ring (bicyclic) bond motifs is 5. The second-order valence-corrected chi connectivity index (χ2v) is 12.9. The number of esters is 1. The molecule has 1 N–H and O–H groups in total. The van der Waals surface area contributed by atoms with Gasteiger partial charge in [-0.2, -0.15) is 0 Å². The Morgan fingerprint density at radius 1 is 0.818 bits per heavy atom. The number of rotatable bonds is 10. The highest BCUT2D eigenvalue weighted by atomic mass is 16.5. The summed E-state index contributed by atoms with van der Waals surface area (Å²) in [6, 6.07) is 0. The van der Waals surface area contributed by atoms with Gasteiger partial charge in [-0.05, 0) is 93.3 Å². The first-order valence-corrected chi connectivity index (χ1v) is 14.8. The Balaban J connectivity index is 1.25. The number of carbonyl (C=O) groups excluding carboxylic acids is 1. The molecule has 8 atom stereocenters. The van der Waals surface area contributed by atoms with E-state index in [1.165, 1.54) is 83.5 Å². The van der Waals surface area contributed by atoms with E-state index in [1.807, 2.05) is 0 Å². The molecule has 3 nitrogen and oxygen atoms in total. The quantitative estimate of drug-likeness (QED) is 0.267. The number of unbranched alkanes of at least 4 members (excludes halogenated alkanes) is 7. The maximum Gasteiger partial charge on any atom is 0.306 e. The molecule has 0 bridgehead atoms. The number of aliphatic hydroxyl groups excluding tert-OH is 1. The van der Waals surface area contributed by atoms with Crippen molar-refractivity contribution in [3.63, 3.8) is 0 Å². The van der Waals surface area contributed by atoms with Gasteiger partial charge in [-0.3, -0.25) is 4.79 Å². The smallest absolute Gasteiger partial charge is 0.306 e. The van der Waals surface area contributed by atoms with Crippen molar-refractivity contribution in [2.45, 2.75) is 149 Å². The zero-order chi connectivity index (χ0) is 23.5. The lowest BCUT2D eigenvalue weighted by Crippen LogP contribution is -2.54. The van der Waals surface area contributed by atoms with Crippen molar-refractivity contribution in [3.05, 3.63) is 0 Å². The average molecular weight is 461 g/mol. The number of carbonyl (C=O) groups is 1. The van der Waals surface area contributed by atoms with Crippen LogP contribution in [0.25, 0.3) is 0 Å². The fourth-order valence-electron chi connectivity index (χ4n) is 9.00. The van der Waals surface area contributed by atoms with E-state index in [1.54, 1.807) is 0 Å². The molecule has 0 aromatic rings. The monoisotopic (exact) mass is 460 g/mol. The average Bonchev–Trinajstić information content (AvgIpc) is 3.12. The molecule has 0 aromatic heterocycles. The Bertz CT molecular complexity index is 646. The number of aliphatic hydroxyl groups is 1. The van der Waals surface area contributed by atoms with Gasteiger partial charge in [0, 0.05) is 11.8 Å². The Hall–Kier alpha value is -0.570. The molecule has 33 heavy (non-hydrogen) atoms. The molecule has 4 aliphatic rings. The highest BCUT2D eigenvalue weighted by Crippen LogP contribution is 2.66. The van der Waals surface area contributed by atoms with Gasteiger partial charge < -0.3 is 9.84 Å². The molecule has 0 radical (unpaired) electrons. The predicted molar refractivity (Wildman–Crippen MR) is 135 cm³/mol. The molecule has 0 heterocycles. The highest BCUT2D eigenvalue weighted by Gasteiger charge is 2.61. The predicted octanol–water partition coefficient (Wildman–Crippen LogP) is 7.83. The van der Waals surface area contributed by atoms with Crippen molar-refractivity contribution in [2.75, 3.05) is 0 Å². The zero-order valence-corrected chi connectivity index (χ0v) is 22.0. The molecule has 0 spiro atoms. The van der Waals surface area contributed by atoms with Crippen LogP contribution in [0.4, 0.5) is 0 Å². The highest BCUT2D eigenvalue weighted by molar-refractivity contribution is 5.69. The topological polar surface area (TPSA) is 46.5 Å². The van der Waals surface area contributed by atoms with E-state index in [-0.39, 0.29) is 23.6 Å². The normalized spacial score (nSPS) is 42.3. The summed E-state index contributed by atoms with van der Waals surface area (Å²) in [4.78, 5) is 12.7. The number of hydrogen-bond acceptors (Lipinski definition) is 3. The second-order valence-electron chi connectivity index (χ2n) is 12.9. The molecular weight excluding hydrogens is 408 g/mol. The summed E-state index contributed by atoms with van der Waals surface area (Å²) in [7, 11) is 0. The van der Waals surface area contributed by atoms with E-state index in [0.717, 1.165) is 43.4 Å². The van der Waals surface area contributed by atoms with Gasteiger partial charge in [-0.15, -0.1) is 0 Å². The first-order valence-electron chi connectivity index (χ1n) is 14.8. The summed E-state index contributed by atoms with van der Waals surface area (Å²) in [6.07, 6.45) is 21.5. The van der Waals surface area contributed by atoms with Crippen molar-refractivity contribution in [2.24, 2.45) is 34.5 Å². The zero-order valence-electron chi connectivity index (χ0n) is 22.0. The maximum atomic E-state index is 12.7. The van der Waals surface area contributed by atoms with Gasteiger partial charge in [-0.25, -0.2) is 0 Å². The minimum absolute atomic E-state index is 0.0620. The standard InChI is InChI=1S/C30H52O3/c1-4-5-6-7-8-9-10-11-12-28(32)33-27-16-15-25-24-14-13-22-21-23(31)17-19-29(22,2)26(24)18-20-30(25,27)3/h22-27,31H,4-21H2,1-3H3/t22-,23-,24-,25-,26-,27-,29-,30-/m0/s1. The second kappa shape index (κ2) is 11.0. The van der Waals surface area contributed by atoms with Crippen LogP contribution in [0.1, 0.15) is 136 Å². The van der Waals surface area contributed by atoms with Gasteiger partial charge in [0.25, 0.3) is 0 Å². The lowest BCUT2D eigenvalue weighted by atomic mass is 9.45. The van der Waals surface area contributed by atoms with Gasteiger partial charge >= 0.3 is 5.97 Å². The van der Waals surface area contributed by atoms with E-state index < -0.39 is 0 Å². The van der Waals surface area contributed by atoms with Gasteiger partial charge in [-0.1, -0.05) is 65.7 Å². The van der Waals surface area contributed by atoms with Gasteiger partial charge in [0.05, 0.1) is 6.10 Å². The summed E-state index contributed by atoms with van der Waals surface area (Å²) in [6.45, 7) is 7.27. The van der Waals surface area contributed by atoms with E-state index in [4.69, 9.17) is 4.74 Å². The number of hydrogen-bond donors (Lipinski definition) is 1. The van der Waals surface area contributed by atoms with Crippen LogP contribution in [0.3, 0.4) is 0 Å². The van der Waals surface area contributed by atoms with Crippen molar-refractivity contribution >= 4 is 5.97 Å². The molecule has 0 amide bonds. The fourth-order valence-corrected chi connectivity index (χ4v) is 9.00.